The first-order chi connectivity index (χ1) is 6.55. The molecule has 1 fully saturated rings. The molecule has 80 valence electrons. The van der Waals surface area contributed by atoms with Gasteiger partial charge in [-0.25, -0.2) is 0 Å². The summed E-state index contributed by atoms with van der Waals surface area (Å²) in [6, 6.07) is 0. The third kappa shape index (κ3) is 1.42. The van der Waals surface area contributed by atoms with Gasteiger partial charge in [-0.3, -0.25) is 0 Å². The molecule has 0 unspecified atom stereocenters. The molecule has 1 saturated heterocycles. The average molecular weight is 193 g/mol. The minimum absolute atomic E-state index is 0.593. The third-order valence-corrected chi connectivity index (χ3v) is 4.77. The van der Waals surface area contributed by atoms with E-state index in [9.17, 15) is 0 Å². The Labute approximate surface area is 88.2 Å². The number of nitrogens with zero attached hydrogens (tertiary/aromatic N) is 1. The highest BCUT2D eigenvalue weighted by atomic mass is 15.1. The van der Waals surface area contributed by atoms with Crippen LogP contribution in [0.3, 0.4) is 0 Å². The van der Waals surface area contributed by atoms with Crippen molar-refractivity contribution in [3.63, 3.8) is 0 Å². The summed E-state index contributed by atoms with van der Waals surface area (Å²) in [5, 5.41) is 0. The Morgan fingerprint density at radius 3 is 2.21 bits per heavy atom. The van der Waals surface area contributed by atoms with Crippen molar-refractivity contribution >= 4 is 0 Å². The maximum Gasteiger partial charge on any atom is -0.00134 e. The van der Waals surface area contributed by atoms with E-state index in [0.717, 1.165) is 5.92 Å². The zero-order valence-corrected chi connectivity index (χ0v) is 10.1. The lowest BCUT2D eigenvalue weighted by Crippen LogP contribution is -2.37. The van der Waals surface area contributed by atoms with Crippen molar-refractivity contribution in [1.29, 1.82) is 0 Å². The molecular formula is C13H23N. The number of allylic oxidation sites excluding steroid dienone is 2. The fourth-order valence-corrected chi connectivity index (χ4v) is 3.31. The number of piperidine rings is 1. The van der Waals surface area contributed by atoms with E-state index in [2.05, 4.69) is 32.7 Å². The van der Waals surface area contributed by atoms with E-state index in [1.54, 1.807) is 11.1 Å². The maximum atomic E-state index is 2.47. The lowest BCUT2D eigenvalue weighted by molar-refractivity contribution is 0.147. The molecule has 1 spiro atoms. The molecule has 0 radical (unpaired) electrons. The van der Waals surface area contributed by atoms with Gasteiger partial charge in [0.15, 0.2) is 0 Å². The lowest BCUT2D eigenvalue weighted by Gasteiger charge is -2.39. The summed E-state index contributed by atoms with van der Waals surface area (Å²) in [6.45, 7) is 9.69. The number of rotatable bonds is 0. The maximum absolute atomic E-state index is 2.47. The largest absolute Gasteiger partial charge is 0.306 e. The summed E-state index contributed by atoms with van der Waals surface area (Å²) >= 11 is 0. The highest BCUT2D eigenvalue weighted by molar-refractivity contribution is 5.28. The van der Waals surface area contributed by atoms with Crippen LogP contribution in [-0.4, -0.2) is 25.0 Å². The Balaban J connectivity index is 2.19. The second-order valence-electron chi connectivity index (χ2n) is 5.50. The highest BCUT2D eigenvalue weighted by Crippen LogP contribution is 2.51. The Hall–Kier alpha value is -0.300. The zero-order chi connectivity index (χ0) is 10.3. The average Bonchev–Trinajstić information content (AvgIpc) is 2.37. The Morgan fingerprint density at radius 1 is 1.21 bits per heavy atom. The van der Waals surface area contributed by atoms with Crippen molar-refractivity contribution in [2.45, 2.75) is 40.0 Å². The van der Waals surface area contributed by atoms with Crippen LogP contribution in [0.25, 0.3) is 0 Å². The summed E-state index contributed by atoms with van der Waals surface area (Å²) in [7, 11) is 2.25. The molecule has 0 N–H and O–H groups in total. The molecule has 0 aromatic heterocycles. The molecule has 1 heterocycles. The molecule has 1 heteroatoms. The second kappa shape index (κ2) is 3.37. The molecule has 14 heavy (non-hydrogen) atoms. The Kier molecular flexibility index (Phi) is 2.46. The van der Waals surface area contributed by atoms with Gasteiger partial charge < -0.3 is 4.90 Å². The summed E-state index contributed by atoms with van der Waals surface area (Å²) in [5.74, 6) is 0.832. The van der Waals surface area contributed by atoms with Crippen LogP contribution in [0, 0.1) is 11.3 Å². The quantitative estimate of drug-likeness (QED) is 0.534. The van der Waals surface area contributed by atoms with Gasteiger partial charge in [0, 0.05) is 0 Å². The second-order valence-corrected chi connectivity index (χ2v) is 5.50. The molecule has 0 bridgehead atoms. The van der Waals surface area contributed by atoms with Crippen molar-refractivity contribution < 1.29 is 0 Å². The number of hydrogen-bond acceptors (Lipinski definition) is 1. The summed E-state index contributed by atoms with van der Waals surface area (Å²) < 4.78 is 0. The van der Waals surface area contributed by atoms with Crippen LogP contribution in [0.2, 0.25) is 0 Å². The SMILES string of the molecule is CC1=C(C)C2(CCN(C)CC2)C[C@@H]1C. The minimum atomic E-state index is 0.593. The molecule has 2 rings (SSSR count). The Bertz CT molecular complexity index is 256. The van der Waals surface area contributed by atoms with E-state index >= 15 is 0 Å². The van der Waals surface area contributed by atoms with E-state index in [0.29, 0.717) is 5.41 Å². The molecule has 0 saturated carbocycles. The van der Waals surface area contributed by atoms with Crippen LogP contribution in [0.15, 0.2) is 11.1 Å². The highest BCUT2D eigenvalue weighted by Gasteiger charge is 2.41. The molecular weight excluding hydrogens is 170 g/mol. The molecule has 1 aliphatic carbocycles. The van der Waals surface area contributed by atoms with Crippen LogP contribution in [0.1, 0.15) is 40.0 Å². The fraction of sp³-hybridized carbons (Fsp3) is 0.846. The molecule has 1 nitrogen and oxygen atoms in total. The topological polar surface area (TPSA) is 3.24 Å². The van der Waals surface area contributed by atoms with Gasteiger partial charge in [-0.2, -0.15) is 0 Å². The van der Waals surface area contributed by atoms with Crippen LogP contribution >= 0.6 is 0 Å². The van der Waals surface area contributed by atoms with Gasteiger partial charge in [0.1, 0.15) is 0 Å². The summed E-state index contributed by atoms with van der Waals surface area (Å²) in [6.07, 6.45) is 4.19. The predicted octanol–water partition coefficient (Wildman–Crippen LogP) is 3.07. The molecule has 2 aliphatic rings. The Morgan fingerprint density at radius 2 is 1.79 bits per heavy atom. The van der Waals surface area contributed by atoms with Crippen molar-refractivity contribution in [3.05, 3.63) is 11.1 Å². The first kappa shape index (κ1) is 10.2. The third-order valence-electron chi connectivity index (χ3n) is 4.77. The van der Waals surface area contributed by atoms with Gasteiger partial charge in [0.25, 0.3) is 0 Å². The fourth-order valence-electron chi connectivity index (χ4n) is 3.31. The van der Waals surface area contributed by atoms with E-state index < -0.39 is 0 Å². The minimum Gasteiger partial charge on any atom is -0.306 e. The molecule has 0 aromatic carbocycles. The lowest BCUT2D eigenvalue weighted by atomic mass is 9.73. The first-order valence-electron chi connectivity index (χ1n) is 5.91. The van der Waals surface area contributed by atoms with Gasteiger partial charge >= 0.3 is 0 Å². The number of hydrogen-bond donors (Lipinski definition) is 0. The van der Waals surface area contributed by atoms with E-state index in [4.69, 9.17) is 0 Å². The number of likely N-dealkylation sites (tertiary alicyclic amines) is 1. The zero-order valence-electron chi connectivity index (χ0n) is 10.1. The van der Waals surface area contributed by atoms with Gasteiger partial charge in [-0.15, -0.1) is 0 Å². The van der Waals surface area contributed by atoms with Crippen molar-refractivity contribution in [3.8, 4) is 0 Å². The van der Waals surface area contributed by atoms with Crippen molar-refractivity contribution in [2.75, 3.05) is 20.1 Å². The molecule has 0 amide bonds. The summed E-state index contributed by atoms with van der Waals surface area (Å²) in [5.41, 5.74) is 3.99. The monoisotopic (exact) mass is 193 g/mol. The normalized spacial score (nSPS) is 33.0. The smallest absolute Gasteiger partial charge is 0.00134 e. The van der Waals surface area contributed by atoms with E-state index in [1.165, 1.54) is 32.4 Å². The summed E-state index contributed by atoms with van der Waals surface area (Å²) in [4.78, 5) is 2.47. The van der Waals surface area contributed by atoms with E-state index in [1.807, 2.05) is 0 Å². The predicted molar refractivity (Wildman–Crippen MR) is 61.3 cm³/mol. The van der Waals surface area contributed by atoms with Crippen molar-refractivity contribution in [1.82, 2.24) is 4.90 Å². The van der Waals surface area contributed by atoms with Crippen LogP contribution in [-0.2, 0) is 0 Å². The first-order valence-corrected chi connectivity index (χ1v) is 5.91. The molecule has 1 atom stereocenters. The van der Waals surface area contributed by atoms with Gasteiger partial charge in [-0.05, 0) is 64.6 Å². The van der Waals surface area contributed by atoms with Gasteiger partial charge in [0.05, 0.1) is 0 Å². The van der Waals surface area contributed by atoms with Crippen molar-refractivity contribution in [2.24, 2.45) is 11.3 Å². The van der Waals surface area contributed by atoms with Gasteiger partial charge in [0.2, 0.25) is 0 Å². The van der Waals surface area contributed by atoms with Crippen LogP contribution in [0.4, 0.5) is 0 Å². The molecule has 0 aromatic rings. The standard InChI is InChI=1S/C13H23N/c1-10-9-13(12(3)11(10)2)5-7-14(4)8-6-13/h10H,5-9H2,1-4H3/t10-/m0/s1. The van der Waals surface area contributed by atoms with Crippen LogP contribution < -0.4 is 0 Å². The van der Waals surface area contributed by atoms with E-state index in [-0.39, 0.29) is 0 Å². The van der Waals surface area contributed by atoms with Crippen LogP contribution in [0.5, 0.6) is 0 Å². The molecule has 1 aliphatic heterocycles. The van der Waals surface area contributed by atoms with Gasteiger partial charge in [-0.1, -0.05) is 18.1 Å².